The average Bonchev–Trinajstić information content (AvgIpc) is 3.06. The summed E-state index contributed by atoms with van der Waals surface area (Å²) in [5.74, 6) is -1.88. The molecule has 2 aromatic carbocycles. The van der Waals surface area contributed by atoms with Crippen LogP contribution in [0, 0.1) is 0 Å². The van der Waals surface area contributed by atoms with Crippen LogP contribution in [0.1, 0.15) is 31.0 Å². The van der Waals surface area contributed by atoms with E-state index in [1.807, 2.05) is 13.8 Å². The predicted molar refractivity (Wildman–Crippen MR) is 124 cm³/mol. The number of anilines is 1. The number of aromatic nitrogens is 1. The van der Waals surface area contributed by atoms with Gasteiger partial charge in [0.1, 0.15) is 17.3 Å². The van der Waals surface area contributed by atoms with Crippen LogP contribution >= 0.6 is 11.6 Å². The second kappa shape index (κ2) is 8.96. The molecule has 0 spiro atoms. The van der Waals surface area contributed by atoms with Gasteiger partial charge in [0.05, 0.1) is 23.4 Å². The van der Waals surface area contributed by atoms with Crippen LogP contribution in [0.25, 0.3) is 5.76 Å². The molecule has 8 heteroatoms. The molecule has 0 bridgehead atoms. The maximum absolute atomic E-state index is 13.2. The monoisotopic (exact) mass is 464 g/mol. The smallest absolute Gasteiger partial charge is 0.300 e. The highest BCUT2D eigenvalue weighted by Crippen LogP contribution is 2.45. The van der Waals surface area contributed by atoms with Gasteiger partial charge in [-0.05, 0) is 55.8 Å². The van der Waals surface area contributed by atoms with Crippen molar-refractivity contribution in [3.05, 3.63) is 88.7 Å². The van der Waals surface area contributed by atoms with Gasteiger partial charge in [0.15, 0.2) is 0 Å². The number of nitrogens with zero attached hydrogens (tertiary/aromatic N) is 2. The molecule has 0 aliphatic carbocycles. The first-order valence-corrected chi connectivity index (χ1v) is 10.6. The zero-order valence-electron chi connectivity index (χ0n) is 17.9. The number of ether oxygens (including phenoxy) is 1. The summed E-state index contributed by atoms with van der Waals surface area (Å²) in [6.07, 6.45) is 2.96. The highest BCUT2D eigenvalue weighted by atomic mass is 35.5. The van der Waals surface area contributed by atoms with E-state index in [0.717, 1.165) is 4.90 Å². The van der Waals surface area contributed by atoms with Gasteiger partial charge in [0, 0.05) is 23.0 Å². The molecule has 2 N–H and O–H groups in total. The molecule has 3 aromatic rings. The van der Waals surface area contributed by atoms with Gasteiger partial charge in [0.25, 0.3) is 11.7 Å². The number of benzene rings is 2. The number of carbonyl (C=O) groups is 2. The molecule has 1 unspecified atom stereocenters. The van der Waals surface area contributed by atoms with E-state index in [1.54, 1.807) is 42.6 Å². The summed E-state index contributed by atoms with van der Waals surface area (Å²) in [4.78, 5) is 31.5. The highest BCUT2D eigenvalue weighted by Gasteiger charge is 2.47. The first-order valence-electron chi connectivity index (χ1n) is 10.2. The van der Waals surface area contributed by atoms with Crippen LogP contribution < -0.4 is 9.64 Å². The molecule has 1 aliphatic rings. The number of halogens is 1. The van der Waals surface area contributed by atoms with Gasteiger partial charge < -0.3 is 14.9 Å². The molecular weight excluding hydrogens is 444 g/mol. The Kier molecular flexibility index (Phi) is 6.07. The molecule has 33 heavy (non-hydrogen) atoms. The zero-order valence-corrected chi connectivity index (χ0v) is 18.7. The third-order valence-electron chi connectivity index (χ3n) is 5.12. The Balaban J connectivity index is 1.93. The summed E-state index contributed by atoms with van der Waals surface area (Å²) >= 11 is 6.11. The molecule has 0 radical (unpaired) electrons. The molecular formula is C25H21ClN2O5. The minimum absolute atomic E-state index is 0.0504. The number of hydrogen-bond acceptors (Lipinski definition) is 6. The van der Waals surface area contributed by atoms with Crippen molar-refractivity contribution >= 4 is 34.7 Å². The topological polar surface area (TPSA) is 100.0 Å². The third kappa shape index (κ3) is 4.27. The maximum Gasteiger partial charge on any atom is 0.300 e. The molecule has 1 atom stereocenters. The van der Waals surface area contributed by atoms with E-state index < -0.39 is 17.7 Å². The number of pyridine rings is 1. The first kappa shape index (κ1) is 22.4. The Labute approximate surface area is 195 Å². The van der Waals surface area contributed by atoms with E-state index in [-0.39, 0.29) is 33.9 Å². The van der Waals surface area contributed by atoms with Gasteiger partial charge in [-0.1, -0.05) is 29.8 Å². The number of phenolic OH excluding ortho intramolecular Hbond substituents is 1. The highest BCUT2D eigenvalue weighted by molar-refractivity contribution is 6.52. The Morgan fingerprint density at radius 1 is 1.12 bits per heavy atom. The molecule has 1 aromatic heterocycles. The van der Waals surface area contributed by atoms with Crippen molar-refractivity contribution in [2.75, 3.05) is 4.90 Å². The summed E-state index contributed by atoms with van der Waals surface area (Å²) in [5, 5.41) is 21.9. The fourth-order valence-electron chi connectivity index (χ4n) is 3.77. The molecule has 1 aliphatic heterocycles. The SMILES string of the molecule is CC(C)Oc1cccc(/C(O)=C2\C(=O)C(=O)N(c3cc(Cl)ccc3O)C2c2cccnc2)c1. The molecule has 168 valence electrons. The van der Waals surface area contributed by atoms with E-state index in [0.29, 0.717) is 16.9 Å². The van der Waals surface area contributed by atoms with Crippen molar-refractivity contribution < 1.29 is 24.5 Å². The number of aromatic hydroxyl groups is 1. The number of rotatable bonds is 5. The van der Waals surface area contributed by atoms with Gasteiger partial charge in [-0.15, -0.1) is 0 Å². The second-order valence-corrected chi connectivity index (χ2v) is 8.22. The van der Waals surface area contributed by atoms with E-state index in [1.165, 1.54) is 24.4 Å². The van der Waals surface area contributed by atoms with E-state index >= 15 is 0 Å². The van der Waals surface area contributed by atoms with Crippen LogP contribution in [0.4, 0.5) is 5.69 Å². The average molecular weight is 465 g/mol. The van der Waals surface area contributed by atoms with Gasteiger partial charge in [-0.25, -0.2) is 0 Å². The van der Waals surface area contributed by atoms with E-state index in [9.17, 15) is 19.8 Å². The minimum Gasteiger partial charge on any atom is -0.507 e. The predicted octanol–water partition coefficient (Wildman–Crippen LogP) is 4.85. The zero-order chi connectivity index (χ0) is 23.7. The second-order valence-electron chi connectivity index (χ2n) is 7.78. The third-order valence-corrected chi connectivity index (χ3v) is 5.36. The van der Waals surface area contributed by atoms with Gasteiger partial charge >= 0.3 is 0 Å². The van der Waals surface area contributed by atoms with Crippen LogP contribution in [0.3, 0.4) is 0 Å². The number of aliphatic hydroxyl groups is 1. The Bertz CT molecular complexity index is 1260. The lowest BCUT2D eigenvalue weighted by molar-refractivity contribution is -0.132. The van der Waals surface area contributed by atoms with E-state index in [2.05, 4.69) is 4.98 Å². The number of aliphatic hydroxyl groups excluding tert-OH is 1. The normalized spacial score (nSPS) is 17.6. The van der Waals surface area contributed by atoms with Crippen molar-refractivity contribution in [3.63, 3.8) is 0 Å². The lowest BCUT2D eigenvalue weighted by atomic mass is 9.96. The van der Waals surface area contributed by atoms with Crippen molar-refractivity contribution in [1.29, 1.82) is 0 Å². The first-order chi connectivity index (χ1) is 15.8. The summed E-state index contributed by atoms with van der Waals surface area (Å²) in [5.41, 5.74) is 0.714. The van der Waals surface area contributed by atoms with Crippen molar-refractivity contribution in [3.8, 4) is 11.5 Å². The standard InChI is InChI=1S/C25H21ClN2O5/c1-14(2)33-18-7-3-5-15(11-18)23(30)21-22(16-6-4-10-27-13-16)28(25(32)24(21)31)19-12-17(26)8-9-20(19)29/h3-14,22,29-30H,1-2H3/b23-21+. The van der Waals surface area contributed by atoms with Crippen LogP contribution in [-0.4, -0.2) is 33.0 Å². The van der Waals surface area contributed by atoms with E-state index in [4.69, 9.17) is 16.3 Å². The summed E-state index contributed by atoms with van der Waals surface area (Å²) in [6, 6.07) is 13.1. The summed E-state index contributed by atoms with van der Waals surface area (Å²) in [6.45, 7) is 3.75. The molecule has 0 saturated carbocycles. The van der Waals surface area contributed by atoms with Crippen molar-refractivity contribution in [1.82, 2.24) is 4.98 Å². The molecule has 4 rings (SSSR count). The number of carbonyl (C=O) groups excluding carboxylic acids is 2. The Morgan fingerprint density at radius 3 is 2.61 bits per heavy atom. The van der Waals surface area contributed by atoms with Crippen LogP contribution in [0.15, 0.2) is 72.6 Å². The summed E-state index contributed by atoms with van der Waals surface area (Å²) in [7, 11) is 0. The van der Waals surface area contributed by atoms with Crippen LogP contribution in [0.5, 0.6) is 11.5 Å². The van der Waals surface area contributed by atoms with Gasteiger partial charge in [-0.2, -0.15) is 0 Å². The largest absolute Gasteiger partial charge is 0.507 e. The molecule has 1 amide bonds. The lowest BCUT2D eigenvalue weighted by Gasteiger charge is -2.26. The van der Waals surface area contributed by atoms with Crippen molar-refractivity contribution in [2.24, 2.45) is 0 Å². The Hall–Kier alpha value is -3.84. The lowest BCUT2D eigenvalue weighted by Crippen LogP contribution is -2.29. The molecule has 1 fully saturated rings. The molecule has 2 heterocycles. The fraction of sp³-hybridized carbons (Fsp3) is 0.160. The molecule has 7 nitrogen and oxygen atoms in total. The minimum atomic E-state index is -1.03. The van der Waals surface area contributed by atoms with Gasteiger partial charge in [0.2, 0.25) is 0 Å². The number of hydrogen-bond donors (Lipinski definition) is 2. The number of phenols is 1. The Morgan fingerprint density at radius 2 is 1.91 bits per heavy atom. The molecule has 1 saturated heterocycles. The fourth-order valence-corrected chi connectivity index (χ4v) is 3.93. The quantitative estimate of drug-likeness (QED) is 0.318. The summed E-state index contributed by atoms with van der Waals surface area (Å²) < 4.78 is 5.69. The number of Topliss-reactive ketones (excluding diaryl/α,β-unsaturated/α-hetero) is 1. The van der Waals surface area contributed by atoms with Crippen LogP contribution in [-0.2, 0) is 9.59 Å². The van der Waals surface area contributed by atoms with Crippen molar-refractivity contribution in [2.45, 2.75) is 26.0 Å². The van der Waals surface area contributed by atoms with Gasteiger partial charge in [-0.3, -0.25) is 19.5 Å². The number of ketones is 1. The maximum atomic E-state index is 13.2. The van der Waals surface area contributed by atoms with Crippen LogP contribution in [0.2, 0.25) is 5.02 Å². The number of amides is 1.